The lowest BCUT2D eigenvalue weighted by Gasteiger charge is -2.16. The van der Waals surface area contributed by atoms with Crippen LogP contribution in [0.1, 0.15) is 25.0 Å². The van der Waals surface area contributed by atoms with Crippen molar-refractivity contribution in [3.8, 4) is 0 Å². The van der Waals surface area contributed by atoms with Gasteiger partial charge in [0.25, 0.3) is 0 Å². The zero-order valence-electron chi connectivity index (χ0n) is 8.36. The van der Waals surface area contributed by atoms with Crippen molar-refractivity contribution in [3.63, 3.8) is 0 Å². The van der Waals surface area contributed by atoms with Crippen LogP contribution in [0.15, 0.2) is 30.3 Å². The van der Waals surface area contributed by atoms with E-state index in [1.807, 2.05) is 37.3 Å². The van der Waals surface area contributed by atoms with Crippen LogP contribution in [0, 0.1) is 5.41 Å². The molecular weight excluding hydrogens is 176 g/mol. The van der Waals surface area contributed by atoms with Crippen LogP contribution >= 0.6 is 0 Å². The quantitative estimate of drug-likeness (QED) is 0.554. The lowest BCUT2D eigenvalue weighted by molar-refractivity contribution is 0.0676. The Morgan fingerprint density at radius 2 is 2.07 bits per heavy atom. The summed E-state index contributed by atoms with van der Waals surface area (Å²) in [5.41, 5.74) is 6.44. The van der Waals surface area contributed by atoms with Gasteiger partial charge in [-0.2, -0.15) is 0 Å². The van der Waals surface area contributed by atoms with Crippen LogP contribution in [0.2, 0.25) is 0 Å². The number of rotatable bonds is 5. The number of amidine groups is 1. The average Bonchev–Trinajstić information content (AvgIpc) is 2.18. The molecule has 0 aliphatic heterocycles. The largest absolute Gasteiger partial charge is 0.388 e. The average molecular weight is 192 g/mol. The number of hydrogen-bond donors (Lipinski definition) is 2. The van der Waals surface area contributed by atoms with Crippen LogP contribution in [-0.4, -0.2) is 12.4 Å². The summed E-state index contributed by atoms with van der Waals surface area (Å²) in [4.78, 5) is 0. The van der Waals surface area contributed by atoms with Gasteiger partial charge in [-0.3, -0.25) is 5.41 Å². The number of nitrogens with one attached hydrogen (secondary N) is 1. The van der Waals surface area contributed by atoms with Crippen molar-refractivity contribution in [3.05, 3.63) is 35.9 Å². The minimum absolute atomic E-state index is 0.0845. The third kappa shape index (κ3) is 3.18. The van der Waals surface area contributed by atoms with Gasteiger partial charge >= 0.3 is 0 Å². The first-order valence-corrected chi connectivity index (χ1v) is 4.73. The summed E-state index contributed by atoms with van der Waals surface area (Å²) in [6.07, 6.45) is 0.372. The van der Waals surface area contributed by atoms with Gasteiger partial charge in [-0.05, 0) is 12.5 Å². The van der Waals surface area contributed by atoms with Gasteiger partial charge in [0.2, 0.25) is 0 Å². The molecule has 0 fully saturated rings. The molecule has 1 aromatic carbocycles. The summed E-state index contributed by atoms with van der Waals surface area (Å²) >= 11 is 0. The second-order valence-corrected chi connectivity index (χ2v) is 3.08. The van der Waals surface area contributed by atoms with Crippen LogP contribution < -0.4 is 5.73 Å². The van der Waals surface area contributed by atoms with Crippen LogP contribution in [0.4, 0.5) is 0 Å². The van der Waals surface area contributed by atoms with E-state index in [4.69, 9.17) is 15.9 Å². The molecule has 1 aromatic rings. The smallest absolute Gasteiger partial charge is 0.0934 e. The molecule has 0 aliphatic rings. The van der Waals surface area contributed by atoms with E-state index in [1.165, 1.54) is 0 Å². The van der Waals surface area contributed by atoms with E-state index >= 15 is 0 Å². The minimum atomic E-state index is -0.0845. The molecule has 0 spiro atoms. The third-order valence-corrected chi connectivity index (χ3v) is 1.94. The molecule has 0 heterocycles. The molecule has 14 heavy (non-hydrogen) atoms. The van der Waals surface area contributed by atoms with Crippen LogP contribution in [0.5, 0.6) is 0 Å². The molecular formula is C11H16N2O. The topological polar surface area (TPSA) is 59.1 Å². The molecule has 1 atom stereocenters. The molecule has 1 rings (SSSR count). The van der Waals surface area contributed by atoms with E-state index in [0.29, 0.717) is 13.0 Å². The molecule has 76 valence electrons. The maximum Gasteiger partial charge on any atom is 0.0934 e. The molecule has 1 unspecified atom stereocenters. The molecule has 0 amide bonds. The Morgan fingerprint density at radius 1 is 1.43 bits per heavy atom. The second-order valence-electron chi connectivity index (χ2n) is 3.08. The van der Waals surface area contributed by atoms with Crippen molar-refractivity contribution in [1.82, 2.24) is 0 Å². The maximum atomic E-state index is 7.25. The number of ether oxygens (including phenoxy) is 1. The summed E-state index contributed by atoms with van der Waals surface area (Å²) in [6.45, 7) is 2.57. The van der Waals surface area contributed by atoms with Crippen molar-refractivity contribution >= 4 is 5.84 Å². The molecule has 3 N–H and O–H groups in total. The van der Waals surface area contributed by atoms with E-state index < -0.39 is 0 Å². The van der Waals surface area contributed by atoms with Crippen molar-refractivity contribution in [1.29, 1.82) is 5.41 Å². The fourth-order valence-corrected chi connectivity index (χ4v) is 1.34. The summed E-state index contributed by atoms with van der Waals surface area (Å²) in [5.74, 6) is 0.160. The van der Waals surface area contributed by atoms with Crippen LogP contribution in [0.25, 0.3) is 0 Å². The Bertz CT molecular complexity index is 285. The Hall–Kier alpha value is -1.35. The molecule has 0 saturated heterocycles. The summed E-state index contributed by atoms with van der Waals surface area (Å²) in [7, 11) is 0. The minimum Gasteiger partial charge on any atom is -0.388 e. The third-order valence-electron chi connectivity index (χ3n) is 1.94. The Morgan fingerprint density at radius 3 is 2.57 bits per heavy atom. The molecule has 0 aliphatic carbocycles. The molecule has 0 aromatic heterocycles. The predicted molar refractivity (Wildman–Crippen MR) is 57.3 cm³/mol. The van der Waals surface area contributed by atoms with Gasteiger partial charge in [0.1, 0.15) is 0 Å². The van der Waals surface area contributed by atoms with E-state index in [2.05, 4.69) is 0 Å². The van der Waals surface area contributed by atoms with E-state index in [9.17, 15) is 0 Å². The van der Waals surface area contributed by atoms with Crippen molar-refractivity contribution in [2.75, 3.05) is 6.61 Å². The molecule has 0 saturated carbocycles. The Kier molecular flexibility index (Phi) is 4.13. The fourth-order valence-electron chi connectivity index (χ4n) is 1.34. The first-order valence-electron chi connectivity index (χ1n) is 4.73. The van der Waals surface area contributed by atoms with E-state index in [1.54, 1.807) is 0 Å². The van der Waals surface area contributed by atoms with E-state index in [-0.39, 0.29) is 11.9 Å². The van der Waals surface area contributed by atoms with Crippen molar-refractivity contribution < 1.29 is 4.74 Å². The predicted octanol–water partition coefficient (Wildman–Crippen LogP) is 2.09. The molecule has 3 nitrogen and oxygen atoms in total. The lowest BCUT2D eigenvalue weighted by atomic mass is 10.1. The SMILES string of the molecule is CCOC(CC(=N)N)c1ccccc1. The highest BCUT2D eigenvalue weighted by atomic mass is 16.5. The first kappa shape index (κ1) is 10.7. The second kappa shape index (κ2) is 5.40. The fraction of sp³-hybridized carbons (Fsp3) is 0.364. The molecule has 0 bridgehead atoms. The van der Waals surface area contributed by atoms with Gasteiger partial charge in [0, 0.05) is 13.0 Å². The van der Waals surface area contributed by atoms with Gasteiger partial charge in [-0.1, -0.05) is 30.3 Å². The maximum absolute atomic E-state index is 7.25. The van der Waals surface area contributed by atoms with Gasteiger partial charge in [0.15, 0.2) is 0 Å². The zero-order valence-corrected chi connectivity index (χ0v) is 8.36. The summed E-state index contributed by atoms with van der Waals surface area (Å²) in [6, 6.07) is 9.86. The highest BCUT2D eigenvalue weighted by Gasteiger charge is 2.11. The monoisotopic (exact) mass is 192 g/mol. The number of nitrogens with two attached hydrogens (primary N) is 1. The van der Waals surface area contributed by atoms with Crippen molar-refractivity contribution in [2.24, 2.45) is 5.73 Å². The standard InChI is InChI=1S/C11H16N2O/c1-2-14-10(8-11(12)13)9-6-4-3-5-7-9/h3-7,10H,2,8H2,1H3,(H3,12,13). The highest BCUT2D eigenvalue weighted by Crippen LogP contribution is 2.20. The Labute approximate surface area is 84.4 Å². The van der Waals surface area contributed by atoms with Crippen LogP contribution in [-0.2, 0) is 4.74 Å². The van der Waals surface area contributed by atoms with Crippen molar-refractivity contribution in [2.45, 2.75) is 19.4 Å². The van der Waals surface area contributed by atoms with Gasteiger partial charge < -0.3 is 10.5 Å². The van der Waals surface area contributed by atoms with Gasteiger partial charge in [-0.15, -0.1) is 0 Å². The molecule has 3 heteroatoms. The zero-order chi connectivity index (χ0) is 10.4. The molecule has 0 radical (unpaired) electrons. The van der Waals surface area contributed by atoms with E-state index in [0.717, 1.165) is 5.56 Å². The first-order chi connectivity index (χ1) is 6.74. The number of benzene rings is 1. The lowest BCUT2D eigenvalue weighted by Crippen LogP contribution is -2.16. The highest BCUT2D eigenvalue weighted by molar-refractivity contribution is 5.77. The van der Waals surface area contributed by atoms with Crippen LogP contribution in [0.3, 0.4) is 0 Å². The normalized spacial score (nSPS) is 12.4. The van der Waals surface area contributed by atoms with Gasteiger partial charge in [-0.25, -0.2) is 0 Å². The number of hydrogen-bond acceptors (Lipinski definition) is 2. The Balaban J connectivity index is 2.72. The van der Waals surface area contributed by atoms with Gasteiger partial charge in [0.05, 0.1) is 11.9 Å². The summed E-state index contributed by atoms with van der Waals surface area (Å²) in [5, 5.41) is 7.25. The summed E-state index contributed by atoms with van der Waals surface area (Å²) < 4.78 is 5.52.